The van der Waals surface area contributed by atoms with Crippen LogP contribution in [0.3, 0.4) is 0 Å². The number of carboxylic acid groups (broad SMARTS) is 1. The summed E-state index contributed by atoms with van der Waals surface area (Å²) in [4.78, 5) is 35.6. The molecule has 0 bridgehead atoms. The molecule has 4 heterocycles. The predicted molar refractivity (Wildman–Crippen MR) is 113 cm³/mol. The maximum Gasteiger partial charge on any atom is 0.290 e. The number of hydrogen-bond donors (Lipinski definition) is 2. The van der Waals surface area contributed by atoms with E-state index in [2.05, 4.69) is 35.4 Å². The number of nitrogens with one attached hydrogen (secondary N) is 1. The van der Waals surface area contributed by atoms with Crippen LogP contribution in [-0.4, -0.2) is 80.4 Å². The average Bonchev–Trinajstić information content (AvgIpc) is 3.27. The Bertz CT molecular complexity index is 963. The third-order valence-corrected chi connectivity index (χ3v) is 5.18. The van der Waals surface area contributed by atoms with E-state index in [1.54, 1.807) is 12.4 Å². The van der Waals surface area contributed by atoms with E-state index in [-0.39, 0.29) is 12.4 Å². The molecular formula is C19H21N7O4S. The van der Waals surface area contributed by atoms with Crippen LogP contribution in [0.1, 0.15) is 15.4 Å². The van der Waals surface area contributed by atoms with E-state index in [0.717, 1.165) is 49.8 Å². The minimum atomic E-state index is -0.308. The Morgan fingerprint density at radius 3 is 2.55 bits per heavy atom. The van der Waals surface area contributed by atoms with Crippen LogP contribution < -0.4 is 5.32 Å². The number of ether oxygens (including phenoxy) is 1. The summed E-state index contributed by atoms with van der Waals surface area (Å²) in [6.45, 7) is 4.10. The summed E-state index contributed by atoms with van der Waals surface area (Å²) in [5, 5.41) is 19.2. The standard InChI is InChI=1S/C18H19N7O2S.CH2O2/c26-17(14-11-20-16(21-12-14)13-1-4-19-5-2-13)22-18-24-23-15(28-18)3-6-25-7-9-27-10-8-25;2-1-3/h1-2,4-5,11-12H,3,6-10H2,(H,22,24,26);1H,(H,2,3). The van der Waals surface area contributed by atoms with Gasteiger partial charge in [-0.05, 0) is 12.1 Å². The van der Waals surface area contributed by atoms with Crippen LogP contribution in [0.4, 0.5) is 5.13 Å². The molecule has 0 aromatic carbocycles. The first-order valence-corrected chi connectivity index (χ1v) is 10.3. The van der Waals surface area contributed by atoms with Gasteiger partial charge in [0.2, 0.25) is 5.13 Å². The van der Waals surface area contributed by atoms with Gasteiger partial charge in [-0.3, -0.25) is 24.8 Å². The number of morpholine rings is 1. The molecule has 0 unspecified atom stereocenters. The van der Waals surface area contributed by atoms with Crippen LogP contribution in [0.25, 0.3) is 11.4 Å². The summed E-state index contributed by atoms with van der Waals surface area (Å²) in [6, 6.07) is 3.63. The van der Waals surface area contributed by atoms with E-state index in [0.29, 0.717) is 16.5 Å². The first kappa shape index (κ1) is 22.3. The van der Waals surface area contributed by atoms with Gasteiger partial charge in [0.25, 0.3) is 12.4 Å². The largest absolute Gasteiger partial charge is 0.483 e. The van der Waals surface area contributed by atoms with Crippen molar-refractivity contribution in [2.24, 2.45) is 0 Å². The van der Waals surface area contributed by atoms with Crippen molar-refractivity contribution >= 4 is 28.8 Å². The number of pyridine rings is 1. The highest BCUT2D eigenvalue weighted by Gasteiger charge is 2.14. The lowest BCUT2D eigenvalue weighted by Crippen LogP contribution is -2.37. The molecule has 0 spiro atoms. The van der Waals surface area contributed by atoms with Crippen molar-refractivity contribution in [2.45, 2.75) is 6.42 Å². The van der Waals surface area contributed by atoms with Gasteiger partial charge in [0.15, 0.2) is 5.82 Å². The summed E-state index contributed by atoms with van der Waals surface area (Å²) in [7, 11) is 0. The molecule has 0 radical (unpaired) electrons. The van der Waals surface area contributed by atoms with Crippen molar-refractivity contribution in [3.8, 4) is 11.4 Å². The van der Waals surface area contributed by atoms with Crippen molar-refractivity contribution in [3.63, 3.8) is 0 Å². The van der Waals surface area contributed by atoms with Crippen molar-refractivity contribution in [3.05, 3.63) is 47.5 Å². The van der Waals surface area contributed by atoms with Gasteiger partial charge in [0.05, 0.1) is 18.8 Å². The summed E-state index contributed by atoms with van der Waals surface area (Å²) in [6.07, 6.45) is 7.14. The SMILES string of the molecule is O=C(Nc1nnc(CCN2CCOCC2)s1)c1cnc(-c2ccncc2)nc1.O=CO. The molecule has 162 valence electrons. The van der Waals surface area contributed by atoms with Gasteiger partial charge >= 0.3 is 0 Å². The molecule has 1 aliphatic rings. The van der Waals surface area contributed by atoms with Crippen molar-refractivity contribution in [1.82, 2.24) is 30.0 Å². The lowest BCUT2D eigenvalue weighted by molar-refractivity contribution is -0.122. The van der Waals surface area contributed by atoms with Gasteiger partial charge in [-0.1, -0.05) is 11.3 Å². The van der Waals surface area contributed by atoms with Crippen LogP contribution in [-0.2, 0) is 16.0 Å². The normalized spacial score (nSPS) is 13.7. The van der Waals surface area contributed by atoms with Gasteiger partial charge < -0.3 is 9.84 Å². The van der Waals surface area contributed by atoms with Crippen molar-refractivity contribution in [1.29, 1.82) is 0 Å². The molecule has 0 atom stereocenters. The molecule has 3 aromatic heterocycles. The van der Waals surface area contributed by atoms with Crippen LogP contribution in [0.2, 0.25) is 0 Å². The topological polar surface area (TPSA) is 143 Å². The summed E-state index contributed by atoms with van der Waals surface area (Å²) in [5.41, 5.74) is 1.21. The molecule has 2 N–H and O–H groups in total. The molecule has 1 aliphatic heterocycles. The van der Waals surface area contributed by atoms with Crippen LogP contribution >= 0.6 is 11.3 Å². The lowest BCUT2D eigenvalue weighted by atomic mass is 10.2. The first-order chi connectivity index (χ1) is 15.2. The average molecular weight is 443 g/mol. The molecule has 31 heavy (non-hydrogen) atoms. The molecule has 12 heteroatoms. The van der Waals surface area contributed by atoms with E-state index in [4.69, 9.17) is 14.6 Å². The third-order valence-electron chi connectivity index (χ3n) is 4.29. The molecule has 4 rings (SSSR count). The number of aromatic nitrogens is 5. The smallest absolute Gasteiger partial charge is 0.290 e. The van der Waals surface area contributed by atoms with E-state index in [1.165, 1.54) is 23.7 Å². The predicted octanol–water partition coefficient (Wildman–Crippen LogP) is 1.22. The summed E-state index contributed by atoms with van der Waals surface area (Å²) >= 11 is 1.38. The van der Waals surface area contributed by atoms with Gasteiger partial charge in [0.1, 0.15) is 5.01 Å². The molecule has 11 nitrogen and oxygen atoms in total. The second-order valence-corrected chi connectivity index (χ2v) is 7.36. The summed E-state index contributed by atoms with van der Waals surface area (Å²) in [5.74, 6) is 0.234. The number of carbonyl (C=O) groups is 2. The van der Waals surface area contributed by atoms with Crippen LogP contribution in [0, 0.1) is 0 Å². The molecule has 1 saturated heterocycles. The first-order valence-electron chi connectivity index (χ1n) is 9.43. The Kier molecular flexibility index (Phi) is 8.46. The van der Waals surface area contributed by atoms with Gasteiger partial charge in [-0.15, -0.1) is 10.2 Å². The lowest BCUT2D eigenvalue weighted by Gasteiger charge is -2.25. The Morgan fingerprint density at radius 1 is 1.19 bits per heavy atom. The van der Waals surface area contributed by atoms with Gasteiger partial charge in [0, 0.05) is 56.4 Å². The summed E-state index contributed by atoms with van der Waals surface area (Å²) < 4.78 is 5.35. The Hall–Kier alpha value is -3.35. The second-order valence-electron chi connectivity index (χ2n) is 6.30. The minimum Gasteiger partial charge on any atom is -0.483 e. The molecule has 1 fully saturated rings. The fourth-order valence-corrected chi connectivity index (χ4v) is 3.47. The van der Waals surface area contributed by atoms with Crippen molar-refractivity contribution in [2.75, 3.05) is 38.2 Å². The van der Waals surface area contributed by atoms with Crippen molar-refractivity contribution < 1.29 is 19.4 Å². The maximum atomic E-state index is 12.4. The van der Waals surface area contributed by atoms with E-state index >= 15 is 0 Å². The number of anilines is 1. The van der Waals surface area contributed by atoms with E-state index in [9.17, 15) is 4.79 Å². The highest BCUT2D eigenvalue weighted by Crippen LogP contribution is 2.18. The maximum absolute atomic E-state index is 12.4. The van der Waals surface area contributed by atoms with Crippen LogP contribution in [0.5, 0.6) is 0 Å². The van der Waals surface area contributed by atoms with E-state index in [1.807, 2.05) is 12.1 Å². The fourth-order valence-electron chi connectivity index (χ4n) is 2.75. The Labute approximate surface area is 182 Å². The number of amides is 1. The quantitative estimate of drug-likeness (QED) is 0.534. The zero-order valence-electron chi connectivity index (χ0n) is 16.5. The molecule has 0 saturated carbocycles. The number of hydrogen-bond acceptors (Lipinski definition) is 10. The monoisotopic (exact) mass is 443 g/mol. The molecule has 3 aromatic rings. The third kappa shape index (κ3) is 6.84. The number of nitrogens with zero attached hydrogens (tertiary/aromatic N) is 6. The van der Waals surface area contributed by atoms with Gasteiger partial charge in [-0.25, -0.2) is 9.97 Å². The highest BCUT2D eigenvalue weighted by atomic mass is 32.1. The molecule has 0 aliphatic carbocycles. The zero-order valence-corrected chi connectivity index (χ0v) is 17.4. The van der Waals surface area contributed by atoms with E-state index < -0.39 is 0 Å². The molecule has 1 amide bonds. The highest BCUT2D eigenvalue weighted by molar-refractivity contribution is 7.15. The number of carbonyl (C=O) groups excluding carboxylic acids is 1. The van der Waals surface area contributed by atoms with Crippen LogP contribution in [0.15, 0.2) is 36.9 Å². The second kappa shape index (κ2) is 11.7. The Balaban J connectivity index is 0.000000858. The van der Waals surface area contributed by atoms with Gasteiger partial charge in [-0.2, -0.15) is 0 Å². The zero-order chi connectivity index (χ0) is 21.9. The Morgan fingerprint density at radius 2 is 1.87 bits per heavy atom. The molecular weight excluding hydrogens is 422 g/mol. The fraction of sp³-hybridized carbons (Fsp3) is 0.316. The minimum absolute atomic E-state index is 0.250. The number of rotatable bonds is 6.